The highest BCUT2D eigenvalue weighted by atomic mass is 79.9. The van der Waals surface area contributed by atoms with Gasteiger partial charge in [0.2, 0.25) is 0 Å². The van der Waals surface area contributed by atoms with Crippen LogP contribution in [-0.4, -0.2) is 23.0 Å². The molecule has 0 radical (unpaired) electrons. The third kappa shape index (κ3) is 4.79. The predicted molar refractivity (Wildman–Crippen MR) is 127 cm³/mol. The van der Waals surface area contributed by atoms with Crippen LogP contribution >= 0.6 is 28.1 Å². The highest BCUT2D eigenvalue weighted by molar-refractivity contribution is 9.10. The van der Waals surface area contributed by atoms with Crippen LogP contribution in [0.4, 0.5) is 5.69 Å². The van der Waals surface area contributed by atoms with Gasteiger partial charge in [0.05, 0.1) is 16.3 Å². The number of carbonyl (C=O) groups is 2. The lowest BCUT2D eigenvalue weighted by molar-refractivity contribution is -0.122. The Morgan fingerprint density at radius 2 is 1.87 bits per heavy atom. The molecule has 2 aromatic rings. The van der Waals surface area contributed by atoms with Gasteiger partial charge < -0.3 is 4.74 Å². The number of amides is 2. The number of rotatable bonds is 6. The van der Waals surface area contributed by atoms with E-state index in [-0.39, 0.29) is 16.8 Å². The fourth-order valence-corrected chi connectivity index (χ4v) is 3.71. The zero-order valence-electron chi connectivity index (χ0n) is 17.1. The van der Waals surface area contributed by atoms with Gasteiger partial charge in [-0.15, -0.1) is 0 Å². The normalized spacial score (nSPS) is 16.6. The number of nitrogens with one attached hydrogen (secondary N) is 1. The van der Waals surface area contributed by atoms with Crippen molar-refractivity contribution in [1.29, 1.82) is 0 Å². The molecule has 0 aliphatic carbocycles. The molecule has 0 bridgehead atoms. The molecule has 1 unspecified atom stereocenters. The number of aryl methyl sites for hydroxylation is 1. The van der Waals surface area contributed by atoms with Crippen molar-refractivity contribution < 1.29 is 14.3 Å². The third-order valence-corrected chi connectivity index (χ3v) is 5.78. The standard InChI is InChI=1S/C23H23BrN2O3S/c1-4-14(3)29-20-11-8-16(13-19(20)24)12-18-21(27)25-23(30)26(22(18)28)17-9-6-15(5-2)7-10-17/h6-14H,4-5H2,1-3H3,(H,25,27,30). The Balaban J connectivity index is 1.91. The first kappa shape index (κ1) is 22.2. The molecule has 0 aromatic heterocycles. The number of hydrogen-bond donors (Lipinski definition) is 1. The van der Waals surface area contributed by atoms with Gasteiger partial charge in [0.1, 0.15) is 11.3 Å². The third-order valence-electron chi connectivity index (χ3n) is 4.87. The van der Waals surface area contributed by atoms with Crippen molar-refractivity contribution in [1.82, 2.24) is 5.32 Å². The number of thiocarbonyl (C=S) groups is 1. The van der Waals surface area contributed by atoms with Crippen LogP contribution in [0.25, 0.3) is 6.08 Å². The maximum absolute atomic E-state index is 13.1. The smallest absolute Gasteiger partial charge is 0.270 e. The number of benzene rings is 2. The van der Waals surface area contributed by atoms with Crippen molar-refractivity contribution in [3.63, 3.8) is 0 Å². The Bertz CT molecular complexity index is 1020. The van der Waals surface area contributed by atoms with E-state index in [0.29, 0.717) is 17.0 Å². The summed E-state index contributed by atoms with van der Waals surface area (Å²) in [5, 5.41) is 2.68. The highest BCUT2D eigenvalue weighted by Crippen LogP contribution is 2.29. The summed E-state index contributed by atoms with van der Waals surface area (Å²) in [4.78, 5) is 26.9. The summed E-state index contributed by atoms with van der Waals surface area (Å²) in [7, 11) is 0. The molecule has 1 saturated heterocycles. The minimum atomic E-state index is -0.512. The monoisotopic (exact) mass is 486 g/mol. The molecule has 3 rings (SSSR count). The van der Waals surface area contributed by atoms with E-state index in [1.165, 1.54) is 4.90 Å². The molecule has 2 aromatic carbocycles. The Labute approximate surface area is 190 Å². The zero-order chi connectivity index (χ0) is 21.8. The van der Waals surface area contributed by atoms with Gasteiger partial charge in [-0.25, -0.2) is 0 Å². The van der Waals surface area contributed by atoms with E-state index in [9.17, 15) is 9.59 Å². The molecule has 1 heterocycles. The topological polar surface area (TPSA) is 58.6 Å². The Morgan fingerprint density at radius 3 is 2.47 bits per heavy atom. The summed E-state index contributed by atoms with van der Waals surface area (Å²) < 4.78 is 6.60. The summed E-state index contributed by atoms with van der Waals surface area (Å²) >= 11 is 8.75. The van der Waals surface area contributed by atoms with Crippen LogP contribution in [-0.2, 0) is 16.0 Å². The largest absolute Gasteiger partial charge is 0.490 e. The van der Waals surface area contributed by atoms with Crippen LogP contribution in [0.3, 0.4) is 0 Å². The van der Waals surface area contributed by atoms with Crippen molar-refractivity contribution in [3.8, 4) is 5.75 Å². The molecule has 5 nitrogen and oxygen atoms in total. The van der Waals surface area contributed by atoms with Crippen molar-refractivity contribution in [2.45, 2.75) is 39.7 Å². The second-order valence-corrected chi connectivity index (χ2v) is 8.25. The first-order valence-corrected chi connectivity index (χ1v) is 11.0. The van der Waals surface area contributed by atoms with Crippen LogP contribution in [0.5, 0.6) is 5.75 Å². The quantitative estimate of drug-likeness (QED) is 0.353. The summed E-state index contributed by atoms with van der Waals surface area (Å²) in [6.45, 7) is 6.11. The molecule has 1 fully saturated rings. The van der Waals surface area contributed by atoms with Gasteiger partial charge in [-0.3, -0.25) is 19.8 Å². The summed E-state index contributed by atoms with van der Waals surface area (Å²) in [5.74, 6) is -0.253. The van der Waals surface area contributed by atoms with E-state index in [2.05, 4.69) is 35.1 Å². The van der Waals surface area contributed by atoms with E-state index in [1.54, 1.807) is 6.08 Å². The molecule has 0 spiro atoms. The van der Waals surface area contributed by atoms with Gasteiger partial charge in [-0.05, 0) is 89.4 Å². The average molecular weight is 487 g/mol. The average Bonchev–Trinajstić information content (AvgIpc) is 2.73. The Kier molecular flexibility index (Phi) is 7.05. The Morgan fingerprint density at radius 1 is 1.17 bits per heavy atom. The number of hydrogen-bond acceptors (Lipinski definition) is 4. The van der Waals surface area contributed by atoms with Gasteiger partial charge in [-0.1, -0.05) is 32.0 Å². The first-order chi connectivity index (χ1) is 14.3. The van der Waals surface area contributed by atoms with Crippen LogP contribution < -0.4 is 15.0 Å². The van der Waals surface area contributed by atoms with Gasteiger partial charge in [-0.2, -0.15) is 0 Å². The van der Waals surface area contributed by atoms with Crippen molar-refractivity contribution >= 4 is 56.8 Å². The molecule has 1 aliphatic rings. The summed E-state index contributed by atoms with van der Waals surface area (Å²) in [6, 6.07) is 13.0. The van der Waals surface area contributed by atoms with Crippen LogP contribution in [0.15, 0.2) is 52.5 Å². The SMILES string of the molecule is CCc1ccc(N2C(=O)C(=Cc3ccc(OC(C)CC)c(Br)c3)C(=O)NC2=S)cc1. The molecule has 156 valence electrons. The molecule has 1 N–H and O–H groups in total. The fraction of sp³-hybridized carbons (Fsp3) is 0.261. The van der Waals surface area contributed by atoms with E-state index in [0.717, 1.165) is 22.9 Å². The Hall–Kier alpha value is -2.51. The van der Waals surface area contributed by atoms with Gasteiger partial charge in [0.25, 0.3) is 11.8 Å². The molecule has 2 amide bonds. The predicted octanol–water partition coefficient (Wildman–Crippen LogP) is 5.02. The molecular weight excluding hydrogens is 464 g/mol. The number of halogens is 1. The van der Waals surface area contributed by atoms with Crippen LogP contribution in [0.1, 0.15) is 38.3 Å². The van der Waals surface area contributed by atoms with Crippen molar-refractivity contribution in [3.05, 3.63) is 63.6 Å². The second kappa shape index (κ2) is 9.53. The number of ether oxygens (including phenoxy) is 1. The molecule has 1 aliphatic heterocycles. The van der Waals surface area contributed by atoms with Crippen molar-refractivity contribution in [2.75, 3.05) is 4.90 Å². The number of anilines is 1. The highest BCUT2D eigenvalue weighted by Gasteiger charge is 2.34. The maximum Gasteiger partial charge on any atom is 0.270 e. The lowest BCUT2D eigenvalue weighted by Gasteiger charge is -2.29. The lowest BCUT2D eigenvalue weighted by Crippen LogP contribution is -2.54. The van der Waals surface area contributed by atoms with Gasteiger partial charge >= 0.3 is 0 Å². The molecular formula is C23H23BrN2O3S. The lowest BCUT2D eigenvalue weighted by atomic mass is 10.1. The summed E-state index contributed by atoms with van der Waals surface area (Å²) in [5.41, 5.74) is 2.49. The van der Waals surface area contributed by atoms with Crippen LogP contribution in [0.2, 0.25) is 0 Å². The van der Waals surface area contributed by atoms with E-state index < -0.39 is 11.8 Å². The van der Waals surface area contributed by atoms with E-state index >= 15 is 0 Å². The first-order valence-electron chi connectivity index (χ1n) is 9.80. The number of nitrogens with zero attached hydrogens (tertiary/aromatic N) is 1. The molecule has 30 heavy (non-hydrogen) atoms. The minimum absolute atomic E-state index is 0.0191. The molecule has 0 saturated carbocycles. The molecule has 7 heteroatoms. The van der Waals surface area contributed by atoms with Gasteiger partial charge in [0.15, 0.2) is 5.11 Å². The van der Waals surface area contributed by atoms with Gasteiger partial charge in [0, 0.05) is 0 Å². The number of carbonyl (C=O) groups excluding carboxylic acids is 2. The summed E-state index contributed by atoms with van der Waals surface area (Å²) in [6.07, 6.45) is 3.43. The van der Waals surface area contributed by atoms with Crippen molar-refractivity contribution in [2.24, 2.45) is 0 Å². The van der Waals surface area contributed by atoms with Crippen LogP contribution in [0, 0.1) is 0 Å². The molecule has 1 atom stereocenters. The minimum Gasteiger partial charge on any atom is -0.490 e. The van der Waals surface area contributed by atoms with E-state index in [1.807, 2.05) is 49.4 Å². The maximum atomic E-state index is 13.1. The zero-order valence-corrected chi connectivity index (χ0v) is 19.5. The second-order valence-electron chi connectivity index (χ2n) is 7.00. The fourth-order valence-electron chi connectivity index (χ4n) is 2.94. The van der Waals surface area contributed by atoms with E-state index in [4.69, 9.17) is 17.0 Å².